The lowest BCUT2D eigenvalue weighted by molar-refractivity contribution is 0.317. The molecule has 1 aromatic rings. The van der Waals surface area contributed by atoms with Gasteiger partial charge in [0.05, 0.1) is 0 Å². The van der Waals surface area contributed by atoms with Crippen molar-refractivity contribution < 1.29 is 10.2 Å². The Morgan fingerprint density at radius 2 is 1.78 bits per heavy atom. The summed E-state index contributed by atoms with van der Waals surface area (Å²) in [5.74, 6) is 1.05. The topological polar surface area (TPSA) is 40.5 Å². The van der Waals surface area contributed by atoms with Crippen molar-refractivity contribution >= 4 is 0 Å². The molecule has 2 rings (SSSR count). The quantitative estimate of drug-likeness (QED) is 0.383. The van der Waals surface area contributed by atoms with Crippen LogP contribution in [0, 0.1) is 11.3 Å². The van der Waals surface area contributed by atoms with E-state index in [0.29, 0.717) is 0 Å². The second-order valence-electron chi connectivity index (χ2n) is 9.02. The summed E-state index contributed by atoms with van der Waals surface area (Å²) in [7, 11) is 0. The fraction of sp³-hybridized carbons (Fsp3) is 0.600. The highest BCUT2D eigenvalue weighted by atomic mass is 16.3. The van der Waals surface area contributed by atoms with Crippen LogP contribution in [0.25, 0.3) is 0 Å². The van der Waals surface area contributed by atoms with Gasteiger partial charge in [0.15, 0.2) is 0 Å². The maximum atomic E-state index is 9.44. The molecule has 1 atom stereocenters. The van der Waals surface area contributed by atoms with Gasteiger partial charge in [-0.1, -0.05) is 63.8 Å². The van der Waals surface area contributed by atoms with Crippen molar-refractivity contribution in [1.29, 1.82) is 0 Å². The van der Waals surface area contributed by atoms with Gasteiger partial charge in [-0.25, -0.2) is 0 Å². The molecule has 1 aliphatic carbocycles. The van der Waals surface area contributed by atoms with Crippen molar-refractivity contribution in [2.45, 2.75) is 86.0 Å². The standard InChI is InChI=1S/C15H24O2.C10H16/c1-4-5-6-7-15(2,3)11-12-8-13(16)10-14(17)9-12;1-8(2)10-6-4-9(3)5-7-10/h8-10,16-17H,4-7,11H2,1-3H3;4,10H,1,5-7H2,2-3H3/t;10-/m.0/s1. The van der Waals surface area contributed by atoms with Gasteiger partial charge < -0.3 is 10.2 Å². The Balaban J connectivity index is 0.000000309. The van der Waals surface area contributed by atoms with E-state index >= 15 is 0 Å². The molecule has 2 nitrogen and oxygen atoms in total. The monoisotopic (exact) mass is 372 g/mol. The molecule has 0 radical (unpaired) electrons. The Kier molecular flexibility index (Phi) is 9.69. The van der Waals surface area contributed by atoms with Crippen LogP contribution in [-0.2, 0) is 6.42 Å². The summed E-state index contributed by atoms with van der Waals surface area (Å²) in [6, 6.07) is 4.84. The Labute approximate surface area is 167 Å². The summed E-state index contributed by atoms with van der Waals surface area (Å²) in [6.45, 7) is 15.0. The molecule has 152 valence electrons. The van der Waals surface area contributed by atoms with E-state index in [4.69, 9.17) is 0 Å². The zero-order valence-electron chi connectivity index (χ0n) is 18.1. The van der Waals surface area contributed by atoms with Crippen LogP contribution in [0.15, 0.2) is 42.0 Å². The highest BCUT2D eigenvalue weighted by Gasteiger charge is 2.18. The van der Waals surface area contributed by atoms with E-state index < -0.39 is 0 Å². The smallest absolute Gasteiger partial charge is 0.119 e. The van der Waals surface area contributed by atoms with Gasteiger partial charge >= 0.3 is 0 Å². The molecular formula is C25H40O2. The van der Waals surface area contributed by atoms with E-state index in [2.05, 4.69) is 47.3 Å². The first-order valence-corrected chi connectivity index (χ1v) is 10.5. The molecule has 0 amide bonds. The van der Waals surface area contributed by atoms with E-state index in [0.717, 1.165) is 17.9 Å². The molecule has 2 N–H and O–H groups in total. The molecule has 0 aliphatic heterocycles. The number of rotatable bonds is 7. The normalized spacial score (nSPS) is 16.9. The fourth-order valence-corrected chi connectivity index (χ4v) is 3.67. The van der Waals surface area contributed by atoms with E-state index in [1.165, 1.54) is 56.6 Å². The molecule has 0 fully saturated rings. The van der Waals surface area contributed by atoms with E-state index in [9.17, 15) is 10.2 Å². The summed E-state index contributed by atoms with van der Waals surface area (Å²) in [5, 5.41) is 18.9. The molecule has 0 saturated carbocycles. The van der Waals surface area contributed by atoms with Crippen LogP contribution < -0.4 is 0 Å². The van der Waals surface area contributed by atoms with Crippen LogP contribution in [-0.4, -0.2) is 10.2 Å². The number of allylic oxidation sites excluding steroid dienone is 3. The summed E-state index contributed by atoms with van der Waals surface area (Å²) < 4.78 is 0. The van der Waals surface area contributed by atoms with Gasteiger partial charge in [-0.05, 0) is 75.0 Å². The third-order valence-corrected chi connectivity index (χ3v) is 5.44. The third kappa shape index (κ3) is 9.70. The molecular weight excluding hydrogens is 332 g/mol. The summed E-state index contributed by atoms with van der Waals surface area (Å²) in [4.78, 5) is 0. The van der Waals surface area contributed by atoms with Crippen molar-refractivity contribution in [2.75, 3.05) is 0 Å². The number of phenols is 2. The zero-order valence-corrected chi connectivity index (χ0v) is 18.1. The number of benzene rings is 1. The summed E-state index contributed by atoms with van der Waals surface area (Å²) in [5.41, 5.74) is 4.13. The number of phenolic OH excluding ortho intramolecular Hbond substituents is 2. The minimum atomic E-state index is 0.143. The van der Waals surface area contributed by atoms with Crippen LogP contribution in [0.3, 0.4) is 0 Å². The van der Waals surface area contributed by atoms with Crippen molar-refractivity contribution in [3.8, 4) is 11.5 Å². The number of hydrogen-bond acceptors (Lipinski definition) is 2. The second kappa shape index (κ2) is 11.2. The average molecular weight is 373 g/mol. The lowest BCUT2D eigenvalue weighted by Crippen LogP contribution is -2.14. The van der Waals surface area contributed by atoms with Crippen LogP contribution in [0.5, 0.6) is 11.5 Å². The first-order chi connectivity index (χ1) is 12.6. The highest BCUT2D eigenvalue weighted by molar-refractivity contribution is 5.37. The molecule has 0 heterocycles. The van der Waals surface area contributed by atoms with Gasteiger partial charge in [0.1, 0.15) is 11.5 Å². The number of hydrogen-bond donors (Lipinski definition) is 2. The Morgan fingerprint density at radius 3 is 2.26 bits per heavy atom. The maximum absolute atomic E-state index is 9.44. The fourth-order valence-electron chi connectivity index (χ4n) is 3.67. The van der Waals surface area contributed by atoms with Crippen molar-refractivity contribution in [3.05, 3.63) is 47.6 Å². The van der Waals surface area contributed by atoms with E-state index in [-0.39, 0.29) is 16.9 Å². The van der Waals surface area contributed by atoms with Gasteiger partial charge in [0.2, 0.25) is 0 Å². The molecule has 27 heavy (non-hydrogen) atoms. The summed E-state index contributed by atoms with van der Waals surface area (Å²) in [6.07, 6.45) is 12.0. The number of aromatic hydroxyl groups is 2. The minimum absolute atomic E-state index is 0.143. The van der Waals surface area contributed by atoms with Crippen molar-refractivity contribution in [2.24, 2.45) is 11.3 Å². The molecule has 0 saturated heterocycles. The first-order valence-electron chi connectivity index (χ1n) is 10.5. The third-order valence-electron chi connectivity index (χ3n) is 5.44. The predicted octanol–water partition coefficient (Wildman–Crippen LogP) is 7.56. The minimum Gasteiger partial charge on any atom is -0.508 e. The zero-order chi connectivity index (χ0) is 20.4. The SMILES string of the molecule is C=C(C)[C@H]1CC=C(C)CC1.CCCCCC(C)(C)Cc1cc(O)cc(O)c1. The van der Waals surface area contributed by atoms with Gasteiger partial charge in [0.25, 0.3) is 0 Å². The van der Waals surface area contributed by atoms with Crippen LogP contribution in [0.2, 0.25) is 0 Å². The van der Waals surface area contributed by atoms with Crippen molar-refractivity contribution in [3.63, 3.8) is 0 Å². The van der Waals surface area contributed by atoms with Crippen LogP contribution in [0.1, 0.15) is 85.1 Å². The summed E-state index contributed by atoms with van der Waals surface area (Å²) >= 11 is 0. The lowest BCUT2D eigenvalue weighted by Gasteiger charge is -2.24. The van der Waals surface area contributed by atoms with Gasteiger partial charge in [-0.15, -0.1) is 0 Å². The Bertz CT molecular complexity index is 605. The Hall–Kier alpha value is -1.70. The molecule has 2 heteroatoms. The van der Waals surface area contributed by atoms with Crippen LogP contribution in [0.4, 0.5) is 0 Å². The first kappa shape index (κ1) is 23.3. The molecule has 0 unspecified atom stereocenters. The van der Waals surface area contributed by atoms with Gasteiger partial charge in [-0.3, -0.25) is 0 Å². The molecule has 0 spiro atoms. The lowest BCUT2D eigenvalue weighted by atomic mass is 9.81. The van der Waals surface area contributed by atoms with Crippen LogP contribution >= 0.6 is 0 Å². The number of unbranched alkanes of at least 4 members (excludes halogenated alkanes) is 2. The van der Waals surface area contributed by atoms with Gasteiger partial charge in [-0.2, -0.15) is 0 Å². The van der Waals surface area contributed by atoms with E-state index in [1.54, 1.807) is 17.7 Å². The maximum Gasteiger partial charge on any atom is 0.119 e. The average Bonchev–Trinajstić information content (AvgIpc) is 2.54. The van der Waals surface area contributed by atoms with Crippen molar-refractivity contribution in [1.82, 2.24) is 0 Å². The predicted molar refractivity (Wildman–Crippen MR) is 117 cm³/mol. The molecule has 0 bridgehead atoms. The van der Waals surface area contributed by atoms with Gasteiger partial charge in [0, 0.05) is 6.07 Å². The molecule has 1 aliphatic rings. The molecule has 1 aromatic carbocycles. The Morgan fingerprint density at radius 1 is 1.15 bits per heavy atom. The van der Waals surface area contributed by atoms with E-state index in [1.807, 2.05) is 0 Å². The molecule has 0 aromatic heterocycles. The largest absolute Gasteiger partial charge is 0.508 e. The highest BCUT2D eigenvalue weighted by Crippen LogP contribution is 2.31. The second-order valence-corrected chi connectivity index (χ2v) is 9.02.